The van der Waals surface area contributed by atoms with Crippen LogP contribution in [0.1, 0.15) is 47.5 Å². The van der Waals surface area contributed by atoms with E-state index >= 15 is 0 Å². The number of rotatable bonds is 6. The Morgan fingerprint density at radius 1 is 1.42 bits per heavy atom. The van der Waals surface area contributed by atoms with Crippen LogP contribution in [0.5, 0.6) is 0 Å². The number of carbonyl (C=O) groups is 3. The monoisotopic (exact) mass is 340 g/mol. The zero-order valence-corrected chi connectivity index (χ0v) is 15.1. The SMILES string of the molecule is CCOC(=O)/C(C)=C/[C@H](C[C@@H]1CCNC1=O)NC(=O)OC(C)(C)C. The van der Waals surface area contributed by atoms with E-state index in [0.29, 0.717) is 25.0 Å². The number of ether oxygens (including phenoxy) is 2. The Morgan fingerprint density at radius 3 is 2.58 bits per heavy atom. The molecule has 1 fully saturated rings. The Bertz CT molecular complexity index is 508. The van der Waals surface area contributed by atoms with Crippen LogP contribution in [0, 0.1) is 5.92 Å². The molecule has 1 aliphatic heterocycles. The highest BCUT2D eigenvalue weighted by Gasteiger charge is 2.28. The van der Waals surface area contributed by atoms with E-state index in [0.717, 1.165) is 0 Å². The number of carbonyl (C=O) groups excluding carboxylic acids is 3. The van der Waals surface area contributed by atoms with Gasteiger partial charge in [-0.05, 0) is 47.5 Å². The minimum Gasteiger partial charge on any atom is -0.463 e. The zero-order chi connectivity index (χ0) is 18.3. The molecule has 1 heterocycles. The van der Waals surface area contributed by atoms with E-state index in [1.807, 2.05) is 0 Å². The van der Waals surface area contributed by atoms with Crippen LogP contribution in [0.15, 0.2) is 11.6 Å². The molecular weight excluding hydrogens is 312 g/mol. The Morgan fingerprint density at radius 2 is 2.08 bits per heavy atom. The van der Waals surface area contributed by atoms with Crippen molar-refractivity contribution in [3.05, 3.63) is 11.6 Å². The van der Waals surface area contributed by atoms with Gasteiger partial charge in [0.25, 0.3) is 0 Å². The first kappa shape index (κ1) is 20.0. The van der Waals surface area contributed by atoms with Gasteiger partial charge in [-0.2, -0.15) is 0 Å². The van der Waals surface area contributed by atoms with Gasteiger partial charge in [0, 0.05) is 18.0 Å². The van der Waals surface area contributed by atoms with E-state index < -0.39 is 23.7 Å². The van der Waals surface area contributed by atoms with Gasteiger partial charge in [-0.1, -0.05) is 6.08 Å². The first-order valence-electron chi connectivity index (χ1n) is 8.25. The van der Waals surface area contributed by atoms with E-state index in [1.165, 1.54) is 0 Å². The Kier molecular flexibility index (Phi) is 7.25. The molecule has 1 aliphatic rings. The molecule has 0 bridgehead atoms. The van der Waals surface area contributed by atoms with Crippen LogP contribution >= 0.6 is 0 Å². The zero-order valence-electron chi connectivity index (χ0n) is 15.1. The summed E-state index contributed by atoms with van der Waals surface area (Å²) in [5.41, 5.74) is -0.240. The van der Waals surface area contributed by atoms with Gasteiger partial charge in [0.05, 0.1) is 12.6 Å². The van der Waals surface area contributed by atoms with Gasteiger partial charge < -0.3 is 20.1 Å². The minimum absolute atomic E-state index is 0.0341. The normalized spacial score (nSPS) is 19.5. The summed E-state index contributed by atoms with van der Waals surface area (Å²) in [4.78, 5) is 35.6. The fraction of sp³-hybridized carbons (Fsp3) is 0.706. The summed E-state index contributed by atoms with van der Waals surface area (Å²) in [6.07, 6.45) is 2.14. The third-order valence-corrected chi connectivity index (χ3v) is 3.45. The molecule has 0 spiro atoms. The van der Waals surface area contributed by atoms with Crippen molar-refractivity contribution in [3.8, 4) is 0 Å². The molecule has 1 rings (SSSR count). The molecule has 7 nitrogen and oxygen atoms in total. The maximum Gasteiger partial charge on any atom is 0.408 e. The first-order chi connectivity index (χ1) is 11.1. The lowest BCUT2D eigenvalue weighted by Crippen LogP contribution is -2.40. The summed E-state index contributed by atoms with van der Waals surface area (Å²) >= 11 is 0. The van der Waals surface area contributed by atoms with Crippen LogP contribution in [0.2, 0.25) is 0 Å². The molecule has 0 saturated carbocycles. The highest BCUT2D eigenvalue weighted by Crippen LogP contribution is 2.18. The molecule has 24 heavy (non-hydrogen) atoms. The van der Waals surface area contributed by atoms with Gasteiger partial charge in [-0.15, -0.1) is 0 Å². The lowest BCUT2D eigenvalue weighted by molar-refractivity contribution is -0.138. The first-order valence-corrected chi connectivity index (χ1v) is 8.25. The highest BCUT2D eigenvalue weighted by molar-refractivity contribution is 5.88. The predicted octanol–water partition coefficient (Wildman–Crippen LogP) is 1.92. The minimum atomic E-state index is -0.626. The number of hydrogen-bond acceptors (Lipinski definition) is 5. The molecule has 2 atom stereocenters. The van der Waals surface area contributed by atoms with E-state index in [9.17, 15) is 14.4 Å². The van der Waals surface area contributed by atoms with Gasteiger partial charge >= 0.3 is 12.1 Å². The van der Waals surface area contributed by atoms with Crippen molar-refractivity contribution < 1.29 is 23.9 Å². The molecule has 0 aromatic carbocycles. The molecule has 2 N–H and O–H groups in total. The summed E-state index contributed by atoms with van der Waals surface area (Å²) < 4.78 is 10.2. The fourth-order valence-corrected chi connectivity index (χ4v) is 2.42. The second kappa shape index (κ2) is 8.70. The second-order valence-corrected chi connectivity index (χ2v) is 6.84. The van der Waals surface area contributed by atoms with Crippen LogP contribution in [-0.2, 0) is 19.1 Å². The fourth-order valence-electron chi connectivity index (χ4n) is 2.42. The molecule has 0 aliphatic carbocycles. The van der Waals surface area contributed by atoms with Crippen LogP contribution < -0.4 is 10.6 Å². The summed E-state index contributed by atoms with van der Waals surface area (Å²) in [6.45, 7) is 9.56. The van der Waals surface area contributed by atoms with Crippen LogP contribution in [0.4, 0.5) is 4.79 Å². The van der Waals surface area contributed by atoms with Crippen molar-refractivity contribution in [3.63, 3.8) is 0 Å². The Labute approximate surface area is 143 Å². The van der Waals surface area contributed by atoms with Crippen molar-refractivity contribution in [1.82, 2.24) is 10.6 Å². The number of hydrogen-bond donors (Lipinski definition) is 2. The third kappa shape index (κ3) is 7.02. The largest absolute Gasteiger partial charge is 0.463 e. The Hall–Kier alpha value is -2.05. The second-order valence-electron chi connectivity index (χ2n) is 6.84. The van der Waals surface area contributed by atoms with E-state index in [-0.39, 0.29) is 18.4 Å². The van der Waals surface area contributed by atoms with E-state index in [1.54, 1.807) is 40.7 Å². The number of alkyl carbamates (subject to hydrolysis) is 1. The molecule has 0 unspecified atom stereocenters. The molecule has 0 aromatic heterocycles. The molecule has 2 amide bonds. The van der Waals surface area contributed by atoms with Crippen molar-refractivity contribution >= 4 is 18.0 Å². The summed E-state index contributed by atoms with van der Waals surface area (Å²) in [5.74, 6) is -0.672. The van der Waals surface area contributed by atoms with E-state index in [2.05, 4.69) is 10.6 Å². The predicted molar refractivity (Wildman–Crippen MR) is 89.3 cm³/mol. The van der Waals surface area contributed by atoms with Crippen molar-refractivity contribution in [2.45, 2.75) is 59.1 Å². The van der Waals surface area contributed by atoms with Crippen LogP contribution in [0.25, 0.3) is 0 Å². The average molecular weight is 340 g/mol. The summed E-state index contributed by atoms with van der Waals surface area (Å²) in [5, 5.41) is 5.49. The molecule has 136 valence electrons. The quantitative estimate of drug-likeness (QED) is 0.569. The van der Waals surface area contributed by atoms with Gasteiger partial charge in [-0.25, -0.2) is 9.59 Å². The van der Waals surface area contributed by atoms with Gasteiger partial charge in [0.1, 0.15) is 5.60 Å². The molecule has 7 heteroatoms. The molecule has 0 radical (unpaired) electrons. The number of esters is 1. The molecular formula is C17H28N2O5. The lowest BCUT2D eigenvalue weighted by atomic mass is 9.97. The average Bonchev–Trinajstić information content (AvgIpc) is 2.82. The van der Waals surface area contributed by atoms with Gasteiger partial charge in [-0.3, -0.25) is 4.79 Å². The Balaban J connectivity index is 2.82. The van der Waals surface area contributed by atoms with E-state index in [4.69, 9.17) is 9.47 Å². The summed E-state index contributed by atoms with van der Waals surface area (Å²) in [6, 6.07) is -0.488. The highest BCUT2D eigenvalue weighted by atomic mass is 16.6. The van der Waals surface area contributed by atoms with Crippen molar-refractivity contribution in [2.75, 3.05) is 13.2 Å². The standard InChI is InChI=1S/C17H28N2O5/c1-6-23-15(21)11(2)9-13(10-12-7-8-18-14(12)20)19-16(22)24-17(3,4)5/h9,12-13H,6-8,10H2,1-5H3,(H,18,20)(H,19,22)/b11-9+/t12-,13+/m0/s1. The van der Waals surface area contributed by atoms with Gasteiger partial charge in [0.2, 0.25) is 5.91 Å². The smallest absolute Gasteiger partial charge is 0.408 e. The number of amides is 2. The lowest BCUT2D eigenvalue weighted by Gasteiger charge is -2.23. The van der Waals surface area contributed by atoms with Crippen molar-refractivity contribution in [1.29, 1.82) is 0 Å². The third-order valence-electron chi connectivity index (χ3n) is 3.45. The van der Waals surface area contributed by atoms with Gasteiger partial charge in [0.15, 0.2) is 0 Å². The maximum absolute atomic E-state index is 12.0. The maximum atomic E-state index is 12.0. The summed E-state index contributed by atoms with van der Waals surface area (Å²) in [7, 11) is 0. The molecule has 1 saturated heterocycles. The topological polar surface area (TPSA) is 93.7 Å². The number of nitrogens with one attached hydrogen (secondary N) is 2. The molecule has 0 aromatic rings. The van der Waals surface area contributed by atoms with Crippen molar-refractivity contribution in [2.24, 2.45) is 5.92 Å². The van der Waals surface area contributed by atoms with Crippen LogP contribution in [-0.4, -0.2) is 42.8 Å². The van der Waals surface area contributed by atoms with Crippen LogP contribution in [0.3, 0.4) is 0 Å².